The van der Waals surface area contributed by atoms with Crippen LogP contribution in [0.5, 0.6) is 0 Å². The first-order valence-electron chi connectivity index (χ1n) is 12.0. The summed E-state index contributed by atoms with van der Waals surface area (Å²) < 4.78 is 4.41. The SMILES string of the molecule is c1ccc(-c2cc(-c3ccccc3)nc(-n3c4ccccc4c4ccn(-c5ccccc5)c43)n2)cc1. The molecule has 0 aliphatic rings. The van der Waals surface area contributed by atoms with Gasteiger partial charge < -0.3 is 4.57 Å². The van der Waals surface area contributed by atoms with E-state index in [0.29, 0.717) is 5.95 Å². The molecule has 0 radical (unpaired) electrons. The Morgan fingerprint density at radius 3 is 1.69 bits per heavy atom. The van der Waals surface area contributed by atoms with Crippen molar-refractivity contribution in [1.29, 1.82) is 0 Å². The summed E-state index contributed by atoms with van der Waals surface area (Å²) >= 11 is 0. The normalized spacial score (nSPS) is 11.3. The van der Waals surface area contributed by atoms with E-state index in [9.17, 15) is 0 Å². The molecule has 3 aromatic heterocycles. The summed E-state index contributed by atoms with van der Waals surface area (Å²) in [7, 11) is 0. The van der Waals surface area contributed by atoms with E-state index in [0.717, 1.165) is 39.4 Å². The molecule has 4 aromatic carbocycles. The Hall–Kier alpha value is -4.96. The van der Waals surface area contributed by atoms with Crippen LogP contribution >= 0.6 is 0 Å². The Morgan fingerprint density at radius 1 is 0.500 bits per heavy atom. The quantitative estimate of drug-likeness (QED) is 0.269. The van der Waals surface area contributed by atoms with E-state index in [1.807, 2.05) is 42.5 Å². The molecule has 0 unspecified atom stereocenters. The van der Waals surface area contributed by atoms with E-state index in [1.165, 1.54) is 10.8 Å². The Balaban J connectivity index is 1.58. The average Bonchev–Trinajstić information content (AvgIpc) is 3.53. The third kappa shape index (κ3) is 3.31. The molecule has 0 aliphatic carbocycles. The number of rotatable bonds is 4. The van der Waals surface area contributed by atoms with Gasteiger partial charge in [-0.3, -0.25) is 4.57 Å². The van der Waals surface area contributed by atoms with Crippen molar-refractivity contribution >= 4 is 21.9 Å². The molecule has 0 amide bonds. The molecule has 170 valence electrons. The summed E-state index contributed by atoms with van der Waals surface area (Å²) in [5.74, 6) is 0.650. The van der Waals surface area contributed by atoms with Crippen molar-refractivity contribution in [2.75, 3.05) is 0 Å². The second kappa shape index (κ2) is 8.36. The molecule has 7 rings (SSSR count). The van der Waals surface area contributed by atoms with Gasteiger partial charge in [0.05, 0.1) is 16.9 Å². The summed E-state index contributed by atoms with van der Waals surface area (Å²) in [5, 5.41) is 2.35. The molecule has 0 bridgehead atoms. The van der Waals surface area contributed by atoms with Crippen LogP contribution in [0.25, 0.3) is 56.1 Å². The largest absolute Gasteiger partial charge is 0.302 e. The number of nitrogens with zero attached hydrogens (tertiary/aromatic N) is 4. The van der Waals surface area contributed by atoms with Gasteiger partial charge in [-0.1, -0.05) is 97.1 Å². The van der Waals surface area contributed by atoms with Gasteiger partial charge >= 0.3 is 0 Å². The number of para-hydroxylation sites is 2. The highest BCUT2D eigenvalue weighted by Crippen LogP contribution is 2.34. The van der Waals surface area contributed by atoms with Crippen LogP contribution in [0.1, 0.15) is 0 Å². The lowest BCUT2D eigenvalue weighted by Gasteiger charge is -2.13. The van der Waals surface area contributed by atoms with Crippen molar-refractivity contribution in [2.24, 2.45) is 0 Å². The summed E-state index contributed by atoms with van der Waals surface area (Å²) in [6, 6.07) is 43.8. The van der Waals surface area contributed by atoms with E-state index in [4.69, 9.17) is 9.97 Å². The number of hydrogen-bond acceptors (Lipinski definition) is 2. The predicted octanol–water partition coefficient (Wildman–Crippen LogP) is 7.70. The van der Waals surface area contributed by atoms with Gasteiger partial charge in [-0.05, 0) is 30.3 Å². The fourth-order valence-electron chi connectivity index (χ4n) is 4.92. The Labute approximate surface area is 208 Å². The van der Waals surface area contributed by atoms with Crippen LogP contribution in [0.3, 0.4) is 0 Å². The van der Waals surface area contributed by atoms with Gasteiger partial charge in [0.25, 0.3) is 0 Å². The Morgan fingerprint density at radius 2 is 1.06 bits per heavy atom. The van der Waals surface area contributed by atoms with Crippen LogP contribution in [-0.4, -0.2) is 19.1 Å². The number of aromatic nitrogens is 4. The highest BCUT2D eigenvalue weighted by atomic mass is 15.2. The number of benzene rings is 4. The summed E-state index contributed by atoms with van der Waals surface area (Å²) in [6.07, 6.45) is 2.13. The standard InChI is InChI=1S/C32H22N4/c1-4-12-23(13-5-1)28-22-29(24-14-6-2-7-15-24)34-32(33-28)36-30-19-11-10-18-26(30)27-20-21-35(31(27)36)25-16-8-3-9-17-25/h1-22H. The summed E-state index contributed by atoms with van der Waals surface area (Å²) in [5.41, 5.74) is 7.13. The van der Waals surface area contributed by atoms with E-state index < -0.39 is 0 Å². The van der Waals surface area contributed by atoms with Crippen molar-refractivity contribution in [1.82, 2.24) is 19.1 Å². The highest BCUT2D eigenvalue weighted by Gasteiger charge is 2.19. The monoisotopic (exact) mass is 462 g/mol. The molecule has 0 N–H and O–H groups in total. The van der Waals surface area contributed by atoms with Crippen LogP contribution in [0, 0.1) is 0 Å². The van der Waals surface area contributed by atoms with E-state index in [2.05, 4.69) is 100 Å². The van der Waals surface area contributed by atoms with Crippen molar-refractivity contribution in [3.63, 3.8) is 0 Å². The number of hydrogen-bond donors (Lipinski definition) is 0. The average molecular weight is 463 g/mol. The third-order valence-corrected chi connectivity index (χ3v) is 6.59. The molecule has 0 aliphatic heterocycles. The van der Waals surface area contributed by atoms with E-state index in [1.54, 1.807) is 0 Å². The van der Waals surface area contributed by atoms with Crippen molar-refractivity contribution in [2.45, 2.75) is 0 Å². The second-order valence-corrected chi connectivity index (χ2v) is 8.78. The van der Waals surface area contributed by atoms with Crippen LogP contribution in [0.4, 0.5) is 0 Å². The van der Waals surface area contributed by atoms with Gasteiger partial charge in [-0.15, -0.1) is 0 Å². The van der Waals surface area contributed by atoms with Crippen LogP contribution < -0.4 is 0 Å². The molecule has 0 fully saturated rings. The summed E-state index contributed by atoms with van der Waals surface area (Å²) in [4.78, 5) is 10.2. The minimum Gasteiger partial charge on any atom is -0.302 e. The topological polar surface area (TPSA) is 35.6 Å². The van der Waals surface area contributed by atoms with Crippen molar-refractivity contribution in [3.8, 4) is 34.2 Å². The van der Waals surface area contributed by atoms with Crippen molar-refractivity contribution in [3.05, 3.63) is 134 Å². The zero-order chi connectivity index (χ0) is 23.9. The maximum Gasteiger partial charge on any atom is 0.236 e. The zero-order valence-electron chi connectivity index (χ0n) is 19.5. The lowest BCUT2D eigenvalue weighted by atomic mass is 10.1. The minimum atomic E-state index is 0.650. The molecule has 36 heavy (non-hydrogen) atoms. The fourth-order valence-corrected chi connectivity index (χ4v) is 4.92. The van der Waals surface area contributed by atoms with Gasteiger partial charge in [0.15, 0.2) is 0 Å². The molecular formula is C32H22N4. The highest BCUT2D eigenvalue weighted by molar-refractivity contribution is 6.08. The van der Waals surface area contributed by atoms with Crippen molar-refractivity contribution < 1.29 is 0 Å². The van der Waals surface area contributed by atoms with E-state index in [-0.39, 0.29) is 0 Å². The number of fused-ring (bicyclic) bond motifs is 3. The predicted molar refractivity (Wildman–Crippen MR) is 147 cm³/mol. The van der Waals surface area contributed by atoms with Crippen LogP contribution in [0.15, 0.2) is 134 Å². The lowest BCUT2D eigenvalue weighted by molar-refractivity contribution is 0.955. The Bertz CT molecular complexity index is 1760. The van der Waals surface area contributed by atoms with Gasteiger partial charge in [-0.25, -0.2) is 9.97 Å². The van der Waals surface area contributed by atoms with Gasteiger partial charge in [0, 0.05) is 33.8 Å². The molecule has 0 saturated carbocycles. The maximum atomic E-state index is 5.12. The molecule has 0 atom stereocenters. The van der Waals surface area contributed by atoms with Crippen LogP contribution in [-0.2, 0) is 0 Å². The fraction of sp³-hybridized carbons (Fsp3) is 0. The third-order valence-electron chi connectivity index (χ3n) is 6.59. The Kier molecular flexibility index (Phi) is 4.74. The first kappa shape index (κ1) is 20.4. The first-order valence-corrected chi connectivity index (χ1v) is 12.0. The lowest BCUT2D eigenvalue weighted by Crippen LogP contribution is -2.06. The molecule has 4 heteroatoms. The molecule has 7 aromatic rings. The van der Waals surface area contributed by atoms with Gasteiger partial charge in [0.2, 0.25) is 5.95 Å². The van der Waals surface area contributed by atoms with E-state index >= 15 is 0 Å². The first-order chi connectivity index (χ1) is 17.9. The molecule has 0 saturated heterocycles. The smallest absolute Gasteiger partial charge is 0.236 e. The zero-order valence-corrected chi connectivity index (χ0v) is 19.5. The second-order valence-electron chi connectivity index (χ2n) is 8.78. The van der Waals surface area contributed by atoms with Gasteiger partial charge in [0.1, 0.15) is 5.65 Å². The molecule has 3 heterocycles. The minimum absolute atomic E-state index is 0.650. The summed E-state index contributed by atoms with van der Waals surface area (Å²) in [6.45, 7) is 0. The molecule has 4 nitrogen and oxygen atoms in total. The molecule has 0 spiro atoms. The van der Waals surface area contributed by atoms with Gasteiger partial charge in [-0.2, -0.15) is 0 Å². The van der Waals surface area contributed by atoms with Crippen LogP contribution in [0.2, 0.25) is 0 Å². The molecular weight excluding hydrogens is 440 g/mol. The maximum absolute atomic E-state index is 5.12.